The standard InChI is InChI=1S/C18H18N2OS/c1-19(2)10-12-11-20-14-7-3-4-8-15(14)22-16-9-5-6-13(17(16)20)18(12)21/h3-9,12H,10-11H2,1-2H3/t12-/m0/s1. The predicted molar refractivity (Wildman–Crippen MR) is 90.4 cm³/mol. The third kappa shape index (κ3) is 2.06. The molecule has 0 spiro atoms. The van der Waals surface area contributed by atoms with E-state index in [1.165, 1.54) is 15.5 Å². The van der Waals surface area contributed by atoms with Crippen LogP contribution in [0.3, 0.4) is 0 Å². The molecular formula is C18H18N2OS. The van der Waals surface area contributed by atoms with Crippen LogP contribution in [0.5, 0.6) is 0 Å². The highest BCUT2D eigenvalue weighted by Crippen LogP contribution is 2.51. The van der Waals surface area contributed by atoms with Crippen molar-refractivity contribution in [1.82, 2.24) is 4.90 Å². The van der Waals surface area contributed by atoms with E-state index in [2.05, 4.69) is 40.1 Å². The van der Waals surface area contributed by atoms with Gasteiger partial charge in [-0.05, 0) is 38.4 Å². The maximum atomic E-state index is 12.8. The highest BCUT2D eigenvalue weighted by atomic mass is 32.2. The maximum Gasteiger partial charge on any atom is 0.171 e. The molecule has 0 aromatic heterocycles. The minimum absolute atomic E-state index is 0.0221. The van der Waals surface area contributed by atoms with Crippen molar-refractivity contribution in [2.24, 2.45) is 5.92 Å². The molecule has 2 aliphatic rings. The zero-order valence-corrected chi connectivity index (χ0v) is 13.6. The number of benzene rings is 2. The number of para-hydroxylation sites is 2. The van der Waals surface area contributed by atoms with E-state index in [0.29, 0.717) is 0 Å². The molecule has 0 saturated carbocycles. The number of anilines is 2. The quantitative estimate of drug-likeness (QED) is 0.844. The number of ketones is 1. The zero-order chi connectivity index (χ0) is 15.3. The first-order chi connectivity index (χ1) is 10.6. The molecule has 2 aliphatic heterocycles. The van der Waals surface area contributed by atoms with Gasteiger partial charge in [-0.3, -0.25) is 4.79 Å². The highest BCUT2D eigenvalue weighted by Gasteiger charge is 2.37. The van der Waals surface area contributed by atoms with Crippen molar-refractivity contribution in [2.45, 2.75) is 9.79 Å². The van der Waals surface area contributed by atoms with Crippen LogP contribution in [0.25, 0.3) is 0 Å². The minimum Gasteiger partial charge on any atom is -0.338 e. The molecule has 4 heteroatoms. The third-order valence-electron chi connectivity index (χ3n) is 4.27. The van der Waals surface area contributed by atoms with Crippen LogP contribution >= 0.6 is 11.8 Å². The molecule has 0 unspecified atom stereocenters. The van der Waals surface area contributed by atoms with Gasteiger partial charge in [0.2, 0.25) is 0 Å². The molecule has 0 N–H and O–H groups in total. The van der Waals surface area contributed by atoms with E-state index in [9.17, 15) is 4.79 Å². The van der Waals surface area contributed by atoms with Crippen LogP contribution in [0.15, 0.2) is 52.3 Å². The molecule has 1 atom stereocenters. The predicted octanol–water partition coefficient (Wildman–Crippen LogP) is 3.66. The molecule has 22 heavy (non-hydrogen) atoms. The van der Waals surface area contributed by atoms with Gasteiger partial charge >= 0.3 is 0 Å². The second-order valence-corrected chi connectivity index (χ2v) is 7.24. The first-order valence-electron chi connectivity index (χ1n) is 7.51. The van der Waals surface area contributed by atoms with Crippen molar-refractivity contribution in [3.05, 3.63) is 48.0 Å². The average Bonchev–Trinajstić information content (AvgIpc) is 2.51. The molecule has 4 rings (SSSR count). The Balaban J connectivity index is 1.87. The Hall–Kier alpha value is -1.78. The van der Waals surface area contributed by atoms with Crippen molar-refractivity contribution in [3.8, 4) is 0 Å². The van der Waals surface area contributed by atoms with Crippen molar-refractivity contribution in [2.75, 3.05) is 32.1 Å². The first-order valence-corrected chi connectivity index (χ1v) is 8.33. The van der Waals surface area contributed by atoms with E-state index in [1.807, 2.05) is 26.2 Å². The lowest BCUT2D eigenvalue weighted by Gasteiger charge is -2.40. The van der Waals surface area contributed by atoms with Crippen molar-refractivity contribution < 1.29 is 4.79 Å². The van der Waals surface area contributed by atoms with Gasteiger partial charge in [0.25, 0.3) is 0 Å². The molecule has 112 valence electrons. The number of Topliss-reactive ketones (excluding diaryl/α,β-unsaturated/α-hetero) is 1. The number of carbonyl (C=O) groups is 1. The smallest absolute Gasteiger partial charge is 0.171 e. The molecule has 2 aromatic carbocycles. The summed E-state index contributed by atoms with van der Waals surface area (Å²) in [7, 11) is 4.05. The minimum atomic E-state index is 0.0221. The number of carbonyl (C=O) groups excluding carboxylic acids is 1. The summed E-state index contributed by atoms with van der Waals surface area (Å²) in [5.74, 6) is 0.302. The molecule has 0 saturated heterocycles. The van der Waals surface area contributed by atoms with E-state index in [1.54, 1.807) is 11.8 Å². The fraction of sp³-hybridized carbons (Fsp3) is 0.278. The van der Waals surface area contributed by atoms with Gasteiger partial charge < -0.3 is 9.80 Å². The van der Waals surface area contributed by atoms with Crippen LogP contribution in [0.2, 0.25) is 0 Å². The second-order valence-electron chi connectivity index (χ2n) is 6.16. The number of hydrogen-bond donors (Lipinski definition) is 0. The fourth-order valence-corrected chi connectivity index (χ4v) is 4.51. The normalized spacial score (nSPS) is 19.1. The summed E-state index contributed by atoms with van der Waals surface area (Å²) >= 11 is 1.76. The first kappa shape index (κ1) is 13.9. The SMILES string of the molecule is CN(C)C[C@H]1CN2c3ccccc3Sc3cccc(c32)C1=O. The van der Waals surface area contributed by atoms with Gasteiger partial charge in [0.1, 0.15) is 0 Å². The van der Waals surface area contributed by atoms with E-state index in [-0.39, 0.29) is 11.7 Å². The molecule has 3 nitrogen and oxygen atoms in total. The Kier molecular flexibility index (Phi) is 3.24. The summed E-state index contributed by atoms with van der Waals surface area (Å²) in [4.78, 5) is 19.7. The Labute approximate surface area is 134 Å². The number of hydrogen-bond acceptors (Lipinski definition) is 4. The van der Waals surface area contributed by atoms with E-state index >= 15 is 0 Å². The molecule has 0 fully saturated rings. The Morgan fingerprint density at radius 2 is 1.91 bits per heavy atom. The van der Waals surface area contributed by atoms with Crippen LogP contribution in [-0.2, 0) is 0 Å². The van der Waals surface area contributed by atoms with Crippen molar-refractivity contribution >= 4 is 28.9 Å². The van der Waals surface area contributed by atoms with E-state index < -0.39 is 0 Å². The summed E-state index contributed by atoms with van der Waals surface area (Å²) in [6.45, 7) is 1.55. The summed E-state index contributed by atoms with van der Waals surface area (Å²) < 4.78 is 0. The van der Waals surface area contributed by atoms with Gasteiger partial charge in [0, 0.05) is 28.4 Å². The zero-order valence-electron chi connectivity index (χ0n) is 12.7. The summed E-state index contributed by atoms with van der Waals surface area (Å²) in [5, 5.41) is 0. The Bertz CT molecular complexity index is 757. The van der Waals surface area contributed by atoms with Crippen LogP contribution in [-0.4, -0.2) is 37.9 Å². The topological polar surface area (TPSA) is 23.6 Å². The van der Waals surface area contributed by atoms with Crippen LogP contribution in [0.4, 0.5) is 11.4 Å². The molecular weight excluding hydrogens is 292 g/mol. The van der Waals surface area contributed by atoms with E-state index in [0.717, 1.165) is 24.3 Å². The highest BCUT2D eigenvalue weighted by molar-refractivity contribution is 7.99. The molecule has 0 amide bonds. The molecule has 2 aromatic rings. The van der Waals surface area contributed by atoms with Crippen LogP contribution in [0, 0.1) is 5.92 Å². The van der Waals surface area contributed by atoms with E-state index in [4.69, 9.17) is 0 Å². The largest absolute Gasteiger partial charge is 0.338 e. The van der Waals surface area contributed by atoms with Gasteiger partial charge in [-0.1, -0.05) is 30.0 Å². The number of nitrogens with zero attached hydrogens (tertiary/aromatic N) is 2. The van der Waals surface area contributed by atoms with Gasteiger partial charge in [0.15, 0.2) is 5.78 Å². The van der Waals surface area contributed by atoms with Crippen LogP contribution < -0.4 is 4.90 Å². The molecule has 0 bridgehead atoms. The van der Waals surface area contributed by atoms with Gasteiger partial charge in [0.05, 0.1) is 17.3 Å². The Morgan fingerprint density at radius 3 is 2.73 bits per heavy atom. The molecule has 0 radical (unpaired) electrons. The average molecular weight is 310 g/mol. The number of rotatable bonds is 2. The summed E-state index contributed by atoms with van der Waals surface area (Å²) in [5.41, 5.74) is 3.20. The molecule has 0 aliphatic carbocycles. The fourth-order valence-electron chi connectivity index (χ4n) is 3.38. The van der Waals surface area contributed by atoms with Gasteiger partial charge in [-0.25, -0.2) is 0 Å². The summed E-state index contributed by atoms with van der Waals surface area (Å²) in [6, 6.07) is 14.6. The van der Waals surface area contributed by atoms with Crippen LogP contribution in [0.1, 0.15) is 10.4 Å². The monoisotopic (exact) mass is 310 g/mol. The lowest BCUT2D eigenvalue weighted by molar-refractivity contribution is 0.0895. The second kappa shape index (κ2) is 5.14. The van der Waals surface area contributed by atoms with Crippen molar-refractivity contribution in [3.63, 3.8) is 0 Å². The maximum absolute atomic E-state index is 12.8. The lowest BCUT2D eigenvalue weighted by atomic mass is 9.90. The Morgan fingerprint density at radius 1 is 1.14 bits per heavy atom. The van der Waals surface area contributed by atoms with Crippen molar-refractivity contribution in [1.29, 1.82) is 0 Å². The number of fused-ring (bicyclic) bond motifs is 2. The lowest BCUT2D eigenvalue weighted by Crippen LogP contribution is -2.42. The molecule has 2 heterocycles. The summed E-state index contributed by atoms with van der Waals surface area (Å²) in [6.07, 6.45) is 0. The van der Waals surface area contributed by atoms with Gasteiger partial charge in [-0.2, -0.15) is 0 Å². The third-order valence-corrected chi connectivity index (χ3v) is 5.38. The van der Waals surface area contributed by atoms with Gasteiger partial charge in [-0.15, -0.1) is 0 Å².